The van der Waals surface area contributed by atoms with E-state index in [4.69, 9.17) is 112 Å². The summed E-state index contributed by atoms with van der Waals surface area (Å²) in [5.74, 6) is -8.40. The van der Waals surface area contributed by atoms with Gasteiger partial charge in [-0.1, -0.05) is 273 Å². The molecular weight excluding hydrogens is 2150 g/mol. The summed E-state index contributed by atoms with van der Waals surface area (Å²) in [6, 6.07) is 49.7. The van der Waals surface area contributed by atoms with Gasteiger partial charge in [0.25, 0.3) is 23.6 Å². The van der Waals surface area contributed by atoms with Crippen molar-refractivity contribution >= 4 is 180 Å². The Labute approximate surface area is 909 Å². The molecule has 808 valence electrons. The van der Waals surface area contributed by atoms with Crippen LogP contribution in [0.1, 0.15) is 255 Å². The van der Waals surface area contributed by atoms with Gasteiger partial charge in [-0.3, -0.25) is 38.4 Å². The van der Waals surface area contributed by atoms with E-state index in [1.165, 1.54) is 19.6 Å². The van der Waals surface area contributed by atoms with Gasteiger partial charge in [-0.25, -0.2) is 33.7 Å². The molecule has 0 aromatic heterocycles. The van der Waals surface area contributed by atoms with E-state index in [1.54, 1.807) is 222 Å². The van der Waals surface area contributed by atoms with E-state index >= 15 is 0 Å². The first-order valence-corrected chi connectivity index (χ1v) is 59.0. The molecule has 8 aromatic rings. The number of carboxylic acid groups (broad SMARTS) is 4. The topological polar surface area (TPSA) is 404 Å². The number of carbonyl (C=O) groups excluding carboxylic acids is 4. The van der Waals surface area contributed by atoms with Crippen molar-refractivity contribution in [1.29, 1.82) is 0 Å². The summed E-state index contributed by atoms with van der Waals surface area (Å²) in [6.07, 6.45) is -9.12. The molecule has 4 N–H and O–H groups in total. The molecule has 4 saturated heterocycles. The van der Waals surface area contributed by atoms with Gasteiger partial charge < -0.3 is 59.0 Å². The number of hydrogen-bond donors (Lipinski definition) is 4. The lowest BCUT2D eigenvalue weighted by atomic mass is 9.89. The van der Waals surface area contributed by atoms with Crippen LogP contribution in [0, 0.1) is 23.7 Å². The van der Waals surface area contributed by atoms with E-state index < -0.39 is 231 Å². The van der Waals surface area contributed by atoms with E-state index in [0.717, 1.165) is 0 Å². The van der Waals surface area contributed by atoms with E-state index in [9.17, 15) is 92.5 Å². The minimum absolute atomic E-state index is 0.103. The van der Waals surface area contributed by atoms with Crippen molar-refractivity contribution in [2.45, 2.75) is 280 Å². The lowest BCUT2D eigenvalue weighted by molar-refractivity contribution is -0.182. The summed E-state index contributed by atoms with van der Waals surface area (Å²) < 4.78 is 131. The molecule has 0 saturated carbocycles. The molecule has 4 fully saturated rings. The minimum Gasteiger partial charge on any atom is -0.481 e. The Bertz CT molecular complexity index is 5630. The molecule has 4 aliphatic heterocycles. The molecule has 8 aromatic carbocycles. The van der Waals surface area contributed by atoms with Crippen LogP contribution in [0.3, 0.4) is 0 Å². The number of amides is 4. The molecule has 0 spiro atoms. The van der Waals surface area contributed by atoms with Crippen molar-refractivity contribution in [3.8, 4) is 0 Å². The molecule has 4 heterocycles. The van der Waals surface area contributed by atoms with Crippen LogP contribution >= 0.6 is 92.8 Å². The van der Waals surface area contributed by atoms with Gasteiger partial charge in [0.15, 0.2) is 39.3 Å². The molecular formula is C108H132Cl8N4O24S4. The number of hydrogen-bond acceptors (Lipinski definition) is 20. The number of sulfone groups is 4. The van der Waals surface area contributed by atoms with E-state index in [0.29, 0.717) is 110 Å². The highest BCUT2D eigenvalue weighted by Crippen LogP contribution is 2.51. The summed E-state index contributed by atoms with van der Waals surface area (Å²) >= 11 is 49.7. The van der Waals surface area contributed by atoms with Crippen LogP contribution in [-0.2, 0) is 96.7 Å². The van der Waals surface area contributed by atoms with Gasteiger partial charge in [0.2, 0.25) is 0 Å². The first-order chi connectivity index (χ1) is 69.4. The summed E-state index contributed by atoms with van der Waals surface area (Å²) in [4.78, 5) is 108. The van der Waals surface area contributed by atoms with Gasteiger partial charge in [0.1, 0.15) is 48.8 Å². The molecule has 0 unspecified atom stereocenters. The van der Waals surface area contributed by atoms with Crippen molar-refractivity contribution in [3.63, 3.8) is 0 Å². The first kappa shape index (κ1) is 123. The van der Waals surface area contributed by atoms with Crippen LogP contribution in [0.4, 0.5) is 0 Å². The van der Waals surface area contributed by atoms with Gasteiger partial charge in [-0.15, -0.1) is 0 Å². The molecule has 12 rings (SSSR count). The third kappa shape index (κ3) is 31.9. The Hall–Kier alpha value is -8.52. The van der Waals surface area contributed by atoms with E-state index in [-0.39, 0.29) is 46.7 Å². The molecule has 148 heavy (non-hydrogen) atoms. The Morgan fingerprint density at radius 3 is 0.561 bits per heavy atom. The Morgan fingerprint density at radius 1 is 0.264 bits per heavy atom. The fourth-order valence-electron chi connectivity index (χ4n) is 18.5. The Kier molecular flexibility index (Phi) is 45.1. The minimum atomic E-state index is -3.58. The number of aliphatic carboxylic acids is 4. The molecule has 0 aliphatic carbocycles. The summed E-state index contributed by atoms with van der Waals surface area (Å²) in [5, 5.41) is 39.5. The molecule has 40 heteroatoms. The number of morpholine rings is 4. The molecule has 0 radical (unpaired) electrons. The van der Waals surface area contributed by atoms with Crippen molar-refractivity contribution in [1.82, 2.24) is 19.6 Å². The standard InChI is InChI=1S/4C27H33Cl2NO6S/c4*1-5-22(15-37(34,35)17(4)16(2)3)30-25(18-9-11-20(28)12-10-18)26(19-7-6-8-21(29)13-19)36-23(27(30)33)14-24(31)32/h4*6-13,16-17,22-23,25-26H,5,14-15H2,1-4H3,(H,31,32)/t17-,22+,23+,25-,26-;17-,22+,23-,25-,26-;17-,22-,23+,25+,26+;17-,22-,23-,25+,26+/m1100/s1. The second-order valence-electron chi connectivity index (χ2n) is 39.1. The molecule has 28 nitrogen and oxygen atoms in total. The van der Waals surface area contributed by atoms with Gasteiger partial charge in [0.05, 0.1) is 93.9 Å². The van der Waals surface area contributed by atoms with Gasteiger partial charge in [-0.2, -0.15) is 0 Å². The number of ether oxygens (including phenoxy) is 4. The van der Waals surface area contributed by atoms with Gasteiger partial charge in [0, 0.05) is 64.3 Å². The highest BCUT2D eigenvalue weighted by atomic mass is 35.5. The van der Waals surface area contributed by atoms with Crippen molar-refractivity contribution in [2.24, 2.45) is 23.7 Å². The van der Waals surface area contributed by atoms with E-state index in [1.807, 2.05) is 83.1 Å². The van der Waals surface area contributed by atoms with E-state index in [2.05, 4.69) is 0 Å². The van der Waals surface area contributed by atoms with Crippen LogP contribution in [0.15, 0.2) is 194 Å². The fourth-order valence-corrected chi connectivity index (χ4v) is 28.1. The van der Waals surface area contributed by atoms with Crippen LogP contribution in [-0.4, -0.2) is 214 Å². The third-order valence-corrected chi connectivity index (χ3v) is 39.9. The van der Waals surface area contributed by atoms with Crippen molar-refractivity contribution < 1.29 is 111 Å². The fraction of sp³-hybridized carbons (Fsp3) is 0.481. The largest absolute Gasteiger partial charge is 0.481 e. The quantitative estimate of drug-likeness (QED) is 0.0277. The maximum atomic E-state index is 13.8. The number of nitrogens with zero attached hydrogens (tertiary/aromatic N) is 4. The normalized spacial score (nSPS) is 22.2. The lowest BCUT2D eigenvalue weighted by Crippen LogP contribution is -2.57. The van der Waals surface area contributed by atoms with Crippen molar-refractivity contribution in [2.75, 3.05) is 23.0 Å². The summed E-state index contributed by atoms with van der Waals surface area (Å²) in [6.45, 7) is 28.7. The second kappa shape index (κ2) is 54.3. The zero-order chi connectivity index (χ0) is 110. The first-order valence-electron chi connectivity index (χ1n) is 49.1. The number of benzene rings is 8. The second-order valence-corrected chi connectivity index (χ2v) is 52.2. The predicted molar refractivity (Wildman–Crippen MR) is 578 cm³/mol. The maximum absolute atomic E-state index is 13.8. The van der Waals surface area contributed by atoms with Crippen LogP contribution in [0.5, 0.6) is 0 Å². The zero-order valence-corrected chi connectivity index (χ0v) is 94.5. The number of halogens is 8. The van der Waals surface area contributed by atoms with Gasteiger partial charge in [-0.05, 0) is 219 Å². The highest BCUT2D eigenvalue weighted by molar-refractivity contribution is 7.92. The SMILES string of the molecule is CC[C@@H](CS(=O)(=O)[C@@H](C)C(C)C)N1C(=O)[C@@H](CC(=O)O)O[C@H](c2cccc(Cl)c2)[C@H]1c1ccc(Cl)cc1.CC[C@@H](CS(=O)(=O)[C@@H](C)C(C)C)N1C(=O)[C@H](CC(=O)O)O[C@H](c2cccc(Cl)c2)[C@H]1c1ccc(Cl)cc1.CC[C@@H](CS(=O)(=O)[C@H](C)C(C)C)N1C(=O)[C@@H](CC(=O)O)O[C@H](c2cccc(Cl)c2)[C@H]1c1ccc(Cl)cc1.CC[C@@H](CS(=O)(=O)[C@H](C)C(C)C)N1C(=O)[C@H](CC(=O)O)O[C@H](c2cccc(Cl)c2)[C@H]1c1ccc(Cl)cc1. The average Bonchev–Trinajstić information content (AvgIpc) is 0.763. The smallest absolute Gasteiger partial charge is 0.306 e. The summed E-state index contributed by atoms with van der Waals surface area (Å²) in [5.41, 5.74) is 5.33. The number of carboxylic acids is 4. The molecule has 4 amide bonds. The molecule has 20 atom stereocenters. The van der Waals surface area contributed by atoms with Gasteiger partial charge >= 0.3 is 23.9 Å². The van der Waals surface area contributed by atoms with Crippen molar-refractivity contribution in [3.05, 3.63) is 279 Å². The molecule has 0 bridgehead atoms. The average molecular weight is 2280 g/mol. The zero-order valence-electron chi connectivity index (χ0n) is 85.2. The number of rotatable bonds is 40. The lowest BCUT2D eigenvalue weighted by Gasteiger charge is -2.48. The molecule has 4 aliphatic rings. The van der Waals surface area contributed by atoms with Crippen LogP contribution in [0.25, 0.3) is 0 Å². The predicted octanol–water partition coefficient (Wildman–Crippen LogP) is 22.9. The summed E-state index contributed by atoms with van der Waals surface area (Å²) in [7, 11) is -14.3. The highest BCUT2D eigenvalue weighted by Gasteiger charge is 2.54. The Balaban J connectivity index is 0.000000219. The third-order valence-electron chi connectivity index (χ3n) is 27.9. The van der Waals surface area contributed by atoms with Crippen LogP contribution in [0.2, 0.25) is 40.2 Å². The monoisotopic (exact) mass is 2280 g/mol. The van der Waals surface area contributed by atoms with Crippen LogP contribution < -0.4 is 0 Å². The maximum Gasteiger partial charge on any atom is 0.306 e. The number of carbonyl (C=O) groups is 8. The Morgan fingerprint density at radius 2 is 0.426 bits per heavy atom.